The number of allylic oxidation sites excluding steroid dienone is 1. The van der Waals surface area contributed by atoms with Gasteiger partial charge in [0.25, 0.3) is 0 Å². The quantitative estimate of drug-likeness (QED) is 0.584. The number of nitrogens with one attached hydrogen (secondary N) is 1. The van der Waals surface area contributed by atoms with Crippen LogP contribution in [-0.2, 0) is 0 Å². The Bertz CT molecular complexity index is 369. The van der Waals surface area contributed by atoms with Crippen LogP contribution in [0.2, 0.25) is 0 Å². The zero-order valence-corrected chi connectivity index (χ0v) is 11.2. The van der Waals surface area contributed by atoms with Crippen LogP contribution in [-0.4, -0.2) is 13.1 Å². The topological polar surface area (TPSA) is 38.0 Å². The highest BCUT2D eigenvalue weighted by molar-refractivity contribution is 5.33. The summed E-state index contributed by atoms with van der Waals surface area (Å²) in [5, 5.41) is 3.51. The largest absolute Gasteiger partial charge is 0.329 e. The van der Waals surface area contributed by atoms with E-state index in [1.54, 1.807) is 0 Å². The average molecular weight is 232 g/mol. The van der Waals surface area contributed by atoms with E-state index in [4.69, 9.17) is 5.73 Å². The third kappa shape index (κ3) is 4.33. The van der Waals surface area contributed by atoms with Gasteiger partial charge < -0.3 is 11.1 Å². The van der Waals surface area contributed by atoms with Crippen LogP contribution < -0.4 is 11.1 Å². The van der Waals surface area contributed by atoms with Crippen molar-refractivity contribution >= 4 is 0 Å². The molecule has 1 rings (SSSR count). The fourth-order valence-corrected chi connectivity index (χ4v) is 1.96. The van der Waals surface area contributed by atoms with Gasteiger partial charge in [-0.05, 0) is 44.9 Å². The molecule has 0 amide bonds. The zero-order chi connectivity index (χ0) is 12.7. The molecule has 1 aromatic carbocycles. The summed E-state index contributed by atoms with van der Waals surface area (Å²) in [6, 6.07) is 6.81. The van der Waals surface area contributed by atoms with E-state index in [0.29, 0.717) is 6.54 Å². The second-order valence-corrected chi connectivity index (χ2v) is 4.46. The molecule has 94 valence electrons. The van der Waals surface area contributed by atoms with Gasteiger partial charge >= 0.3 is 0 Å². The summed E-state index contributed by atoms with van der Waals surface area (Å²) in [6.07, 6.45) is 5.30. The zero-order valence-electron chi connectivity index (χ0n) is 11.2. The summed E-state index contributed by atoms with van der Waals surface area (Å²) in [6.45, 7) is 7.92. The molecule has 0 aliphatic carbocycles. The van der Waals surface area contributed by atoms with Crippen LogP contribution in [0.25, 0.3) is 0 Å². The molecular weight excluding hydrogens is 208 g/mol. The Morgan fingerprint density at radius 3 is 2.76 bits per heavy atom. The summed E-state index contributed by atoms with van der Waals surface area (Å²) < 4.78 is 0. The fraction of sp³-hybridized carbons (Fsp3) is 0.467. The van der Waals surface area contributed by atoms with E-state index in [1.165, 1.54) is 16.7 Å². The second kappa shape index (κ2) is 7.25. The molecule has 0 radical (unpaired) electrons. The van der Waals surface area contributed by atoms with Crippen molar-refractivity contribution in [2.75, 3.05) is 13.1 Å². The standard InChI is InChI=1S/C15H24N2/c1-4-5-6-9-17-15(11-16)14-10-12(2)7-8-13(14)3/h4-5,7-8,10,15,17H,6,9,11,16H2,1-3H3/b5-4+. The molecular formula is C15H24N2. The van der Waals surface area contributed by atoms with Crippen LogP contribution in [0, 0.1) is 13.8 Å². The Kier molecular flexibility index (Phi) is 5.95. The Balaban J connectivity index is 2.68. The normalized spacial score (nSPS) is 13.2. The number of aryl methyl sites for hydroxylation is 2. The Morgan fingerprint density at radius 1 is 1.35 bits per heavy atom. The maximum Gasteiger partial charge on any atom is 0.0447 e. The van der Waals surface area contributed by atoms with Gasteiger partial charge in [-0.2, -0.15) is 0 Å². The second-order valence-electron chi connectivity index (χ2n) is 4.46. The number of benzene rings is 1. The molecule has 0 saturated carbocycles. The van der Waals surface area contributed by atoms with Gasteiger partial charge in [0.15, 0.2) is 0 Å². The van der Waals surface area contributed by atoms with Crippen LogP contribution in [0.1, 0.15) is 36.1 Å². The van der Waals surface area contributed by atoms with Gasteiger partial charge in [0.05, 0.1) is 0 Å². The van der Waals surface area contributed by atoms with E-state index in [1.807, 2.05) is 6.92 Å². The highest BCUT2D eigenvalue weighted by Crippen LogP contribution is 2.18. The van der Waals surface area contributed by atoms with Crippen LogP contribution in [0.4, 0.5) is 0 Å². The van der Waals surface area contributed by atoms with E-state index in [9.17, 15) is 0 Å². The molecule has 0 bridgehead atoms. The Hall–Kier alpha value is -1.12. The lowest BCUT2D eigenvalue weighted by molar-refractivity contribution is 0.545. The first-order chi connectivity index (χ1) is 8.19. The summed E-state index contributed by atoms with van der Waals surface area (Å²) >= 11 is 0. The van der Waals surface area contributed by atoms with Crippen molar-refractivity contribution in [2.45, 2.75) is 33.2 Å². The highest BCUT2D eigenvalue weighted by atomic mass is 14.9. The molecule has 1 aromatic rings. The summed E-state index contributed by atoms with van der Waals surface area (Å²) in [7, 11) is 0. The maximum atomic E-state index is 5.86. The van der Waals surface area contributed by atoms with Gasteiger partial charge in [-0.15, -0.1) is 0 Å². The number of hydrogen-bond acceptors (Lipinski definition) is 2. The number of rotatable bonds is 6. The van der Waals surface area contributed by atoms with Crippen molar-refractivity contribution in [3.8, 4) is 0 Å². The van der Waals surface area contributed by atoms with E-state index < -0.39 is 0 Å². The van der Waals surface area contributed by atoms with Crippen molar-refractivity contribution in [3.05, 3.63) is 47.0 Å². The van der Waals surface area contributed by atoms with Crippen molar-refractivity contribution in [1.29, 1.82) is 0 Å². The molecule has 17 heavy (non-hydrogen) atoms. The lowest BCUT2D eigenvalue weighted by Crippen LogP contribution is -2.29. The third-order valence-electron chi connectivity index (χ3n) is 2.98. The molecule has 1 atom stereocenters. The van der Waals surface area contributed by atoms with E-state index in [-0.39, 0.29) is 6.04 Å². The molecule has 0 aliphatic heterocycles. The molecule has 2 nitrogen and oxygen atoms in total. The van der Waals surface area contributed by atoms with Crippen LogP contribution in [0.5, 0.6) is 0 Å². The van der Waals surface area contributed by atoms with Crippen molar-refractivity contribution in [1.82, 2.24) is 5.32 Å². The van der Waals surface area contributed by atoms with E-state index in [0.717, 1.165) is 13.0 Å². The van der Waals surface area contributed by atoms with E-state index >= 15 is 0 Å². The van der Waals surface area contributed by atoms with Gasteiger partial charge in [-0.3, -0.25) is 0 Å². The lowest BCUT2D eigenvalue weighted by Gasteiger charge is -2.19. The van der Waals surface area contributed by atoms with Crippen LogP contribution in [0.3, 0.4) is 0 Å². The Morgan fingerprint density at radius 2 is 2.12 bits per heavy atom. The van der Waals surface area contributed by atoms with Gasteiger partial charge in [0.2, 0.25) is 0 Å². The lowest BCUT2D eigenvalue weighted by atomic mass is 9.99. The predicted octanol–water partition coefficient (Wildman–Crippen LogP) is 2.86. The molecule has 2 heteroatoms. The highest BCUT2D eigenvalue weighted by Gasteiger charge is 2.10. The summed E-state index contributed by atoms with van der Waals surface area (Å²) in [5.74, 6) is 0. The minimum absolute atomic E-state index is 0.264. The predicted molar refractivity (Wildman–Crippen MR) is 75.1 cm³/mol. The number of hydrogen-bond donors (Lipinski definition) is 2. The minimum atomic E-state index is 0.264. The first kappa shape index (κ1) is 13.9. The molecule has 0 fully saturated rings. The molecule has 0 spiro atoms. The summed E-state index contributed by atoms with van der Waals surface area (Å²) in [5.41, 5.74) is 9.79. The van der Waals surface area contributed by atoms with Gasteiger partial charge in [0.1, 0.15) is 0 Å². The molecule has 0 saturated heterocycles. The number of nitrogens with two attached hydrogens (primary N) is 1. The SMILES string of the molecule is C/C=C/CCNC(CN)c1cc(C)ccc1C. The fourth-order valence-electron chi connectivity index (χ4n) is 1.96. The maximum absolute atomic E-state index is 5.86. The molecule has 0 aromatic heterocycles. The van der Waals surface area contributed by atoms with Gasteiger partial charge in [0, 0.05) is 12.6 Å². The van der Waals surface area contributed by atoms with E-state index in [2.05, 4.69) is 49.5 Å². The van der Waals surface area contributed by atoms with Gasteiger partial charge in [-0.25, -0.2) is 0 Å². The molecule has 3 N–H and O–H groups in total. The summed E-state index contributed by atoms with van der Waals surface area (Å²) in [4.78, 5) is 0. The smallest absolute Gasteiger partial charge is 0.0447 e. The third-order valence-corrected chi connectivity index (χ3v) is 2.98. The van der Waals surface area contributed by atoms with Crippen molar-refractivity contribution in [2.24, 2.45) is 5.73 Å². The Labute approximate surface area is 105 Å². The van der Waals surface area contributed by atoms with Crippen LogP contribution in [0.15, 0.2) is 30.4 Å². The first-order valence-electron chi connectivity index (χ1n) is 6.30. The first-order valence-corrected chi connectivity index (χ1v) is 6.30. The minimum Gasteiger partial charge on any atom is -0.329 e. The molecule has 0 heterocycles. The van der Waals surface area contributed by atoms with Crippen LogP contribution >= 0.6 is 0 Å². The van der Waals surface area contributed by atoms with Gasteiger partial charge in [-0.1, -0.05) is 35.9 Å². The monoisotopic (exact) mass is 232 g/mol. The average Bonchev–Trinajstić information content (AvgIpc) is 2.33. The molecule has 1 unspecified atom stereocenters. The van der Waals surface area contributed by atoms with Crippen molar-refractivity contribution < 1.29 is 0 Å². The molecule has 0 aliphatic rings. The van der Waals surface area contributed by atoms with Crippen molar-refractivity contribution in [3.63, 3.8) is 0 Å².